The average Bonchev–Trinajstić information content (AvgIpc) is 2.72. The van der Waals surface area contributed by atoms with E-state index in [1.807, 2.05) is 0 Å². The monoisotopic (exact) mass is 305 g/mol. The first-order valence-electron chi connectivity index (χ1n) is 5.78. The molecule has 21 heavy (non-hydrogen) atoms. The van der Waals surface area contributed by atoms with E-state index in [1.165, 1.54) is 6.07 Å². The van der Waals surface area contributed by atoms with E-state index in [-0.39, 0.29) is 18.0 Å². The second-order valence-corrected chi connectivity index (χ2v) is 4.45. The summed E-state index contributed by atoms with van der Waals surface area (Å²) in [5.41, 5.74) is 0.0343. The molecule has 0 saturated heterocycles. The number of anilines is 2. The Kier molecular flexibility index (Phi) is 3.73. The van der Waals surface area contributed by atoms with Crippen molar-refractivity contribution in [3.05, 3.63) is 27.8 Å². The van der Waals surface area contributed by atoms with Crippen LogP contribution in [0.25, 0.3) is 0 Å². The van der Waals surface area contributed by atoms with Gasteiger partial charge in [0.15, 0.2) is 6.10 Å². The van der Waals surface area contributed by atoms with Crippen LogP contribution >= 0.6 is 0 Å². The Morgan fingerprint density at radius 1 is 1.48 bits per heavy atom. The molecule has 1 heterocycles. The Morgan fingerprint density at radius 3 is 2.71 bits per heavy atom. The van der Waals surface area contributed by atoms with Crippen molar-refractivity contribution in [2.75, 3.05) is 17.2 Å². The topological polar surface area (TPSA) is 104 Å². The minimum Gasteiger partial charge on any atom is -0.382 e. The predicted molar refractivity (Wildman–Crippen MR) is 66.0 cm³/mol. The van der Waals surface area contributed by atoms with Gasteiger partial charge in [-0.25, -0.2) is 0 Å². The summed E-state index contributed by atoms with van der Waals surface area (Å²) >= 11 is 0. The Labute approximate surface area is 115 Å². The number of fused-ring (bicyclic) bond motifs is 1. The van der Waals surface area contributed by atoms with Gasteiger partial charge < -0.3 is 15.7 Å². The summed E-state index contributed by atoms with van der Waals surface area (Å²) in [5, 5.41) is 24.4. The highest BCUT2D eigenvalue weighted by atomic mass is 19.4. The Morgan fingerprint density at radius 2 is 2.14 bits per heavy atom. The molecule has 1 unspecified atom stereocenters. The summed E-state index contributed by atoms with van der Waals surface area (Å²) in [6.45, 7) is -0.933. The van der Waals surface area contributed by atoms with Crippen LogP contribution in [-0.4, -0.2) is 34.8 Å². The molecule has 7 nitrogen and oxygen atoms in total. The molecule has 1 aliphatic heterocycles. The SMILES string of the molecule is O=C1Cc2cc([N+](=O)[O-])c(NCC(O)C(F)(F)F)cc2N1. The molecule has 1 aromatic rings. The fourth-order valence-corrected chi connectivity index (χ4v) is 1.88. The largest absolute Gasteiger partial charge is 0.416 e. The Bertz CT molecular complexity index is 603. The third-order valence-corrected chi connectivity index (χ3v) is 2.91. The van der Waals surface area contributed by atoms with Gasteiger partial charge in [-0.2, -0.15) is 13.2 Å². The normalized spacial score (nSPS) is 15.3. The molecule has 1 atom stereocenters. The number of rotatable bonds is 4. The van der Waals surface area contributed by atoms with Gasteiger partial charge in [0, 0.05) is 18.3 Å². The van der Waals surface area contributed by atoms with Crippen LogP contribution in [0.15, 0.2) is 12.1 Å². The van der Waals surface area contributed by atoms with E-state index in [0.717, 1.165) is 6.07 Å². The highest BCUT2D eigenvalue weighted by Gasteiger charge is 2.38. The van der Waals surface area contributed by atoms with Crippen LogP contribution in [0.4, 0.5) is 30.2 Å². The zero-order valence-corrected chi connectivity index (χ0v) is 10.4. The lowest BCUT2D eigenvalue weighted by atomic mass is 10.1. The van der Waals surface area contributed by atoms with Crippen molar-refractivity contribution in [2.24, 2.45) is 0 Å². The number of nitrogens with zero attached hydrogens (tertiary/aromatic N) is 1. The molecule has 114 valence electrons. The molecule has 1 aliphatic rings. The lowest BCUT2D eigenvalue weighted by Crippen LogP contribution is -2.35. The maximum atomic E-state index is 12.2. The molecule has 3 N–H and O–H groups in total. The highest BCUT2D eigenvalue weighted by Crippen LogP contribution is 2.34. The number of benzene rings is 1. The zero-order valence-electron chi connectivity index (χ0n) is 10.4. The number of nitro groups is 1. The molecule has 10 heteroatoms. The molecular weight excluding hydrogens is 295 g/mol. The third-order valence-electron chi connectivity index (χ3n) is 2.91. The quantitative estimate of drug-likeness (QED) is 0.576. The van der Waals surface area contributed by atoms with Gasteiger partial charge in [0.1, 0.15) is 5.69 Å². The molecular formula is C11H10F3N3O4. The van der Waals surface area contributed by atoms with Gasteiger partial charge in [0.25, 0.3) is 5.69 Å². The van der Waals surface area contributed by atoms with Gasteiger partial charge in [-0.1, -0.05) is 0 Å². The molecule has 0 aliphatic carbocycles. The van der Waals surface area contributed by atoms with Gasteiger partial charge in [-0.05, 0) is 11.6 Å². The summed E-state index contributed by atoms with van der Waals surface area (Å²) in [7, 11) is 0. The summed E-state index contributed by atoms with van der Waals surface area (Å²) in [6.07, 6.45) is -7.51. The molecule has 0 spiro atoms. The number of nitrogens with one attached hydrogen (secondary N) is 2. The summed E-state index contributed by atoms with van der Waals surface area (Å²) in [6, 6.07) is 2.30. The molecule has 1 amide bonds. The van der Waals surface area contributed by atoms with Crippen LogP contribution in [0.1, 0.15) is 5.56 Å². The molecule has 0 aromatic heterocycles. The van der Waals surface area contributed by atoms with Crippen molar-refractivity contribution in [1.29, 1.82) is 0 Å². The summed E-state index contributed by atoms with van der Waals surface area (Å²) in [4.78, 5) is 21.3. The molecule has 1 aromatic carbocycles. The van der Waals surface area contributed by atoms with Gasteiger partial charge in [-0.15, -0.1) is 0 Å². The first-order valence-corrected chi connectivity index (χ1v) is 5.78. The van der Waals surface area contributed by atoms with Crippen LogP contribution in [0, 0.1) is 10.1 Å². The van der Waals surface area contributed by atoms with Crippen molar-refractivity contribution in [3.63, 3.8) is 0 Å². The first-order chi connectivity index (χ1) is 9.68. The van der Waals surface area contributed by atoms with Gasteiger partial charge >= 0.3 is 6.18 Å². The van der Waals surface area contributed by atoms with E-state index in [0.29, 0.717) is 11.3 Å². The summed E-state index contributed by atoms with van der Waals surface area (Å²) in [5.74, 6) is -0.355. The van der Waals surface area contributed by atoms with E-state index in [2.05, 4.69) is 10.6 Å². The molecule has 0 bridgehead atoms. The lowest BCUT2D eigenvalue weighted by molar-refractivity contribution is -0.384. The van der Waals surface area contributed by atoms with E-state index >= 15 is 0 Å². The maximum absolute atomic E-state index is 12.2. The van der Waals surface area contributed by atoms with Crippen LogP contribution in [0.5, 0.6) is 0 Å². The minimum atomic E-state index is -4.83. The van der Waals surface area contributed by atoms with E-state index in [9.17, 15) is 28.1 Å². The number of hydrogen-bond donors (Lipinski definition) is 3. The fraction of sp³-hybridized carbons (Fsp3) is 0.364. The number of amides is 1. The van der Waals surface area contributed by atoms with Gasteiger partial charge in [-0.3, -0.25) is 14.9 Å². The van der Waals surface area contributed by atoms with Crippen molar-refractivity contribution in [2.45, 2.75) is 18.7 Å². The molecule has 0 radical (unpaired) electrons. The number of hydrogen-bond acceptors (Lipinski definition) is 5. The number of aliphatic hydroxyl groups excluding tert-OH is 1. The highest BCUT2D eigenvalue weighted by molar-refractivity contribution is 6.00. The van der Waals surface area contributed by atoms with E-state index in [1.54, 1.807) is 0 Å². The number of carbonyl (C=O) groups excluding carboxylic acids is 1. The number of aliphatic hydroxyl groups is 1. The van der Waals surface area contributed by atoms with Crippen molar-refractivity contribution in [3.8, 4) is 0 Å². The summed E-state index contributed by atoms with van der Waals surface area (Å²) < 4.78 is 36.6. The maximum Gasteiger partial charge on any atom is 0.416 e. The lowest BCUT2D eigenvalue weighted by Gasteiger charge is -2.16. The third kappa shape index (κ3) is 3.21. The number of halogens is 3. The van der Waals surface area contributed by atoms with Crippen LogP contribution in [0.3, 0.4) is 0 Å². The van der Waals surface area contributed by atoms with Crippen molar-refractivity contribution >= 4 is 23.0 Å². The van der Waals surface area contributed by atoms with Crippen molar-refractivity contribution in [1.82, 2.24) is 0 Å². The zero-order chi connectivity index (χ0) is 15.8. The second-order valence-electron chi connectivity index (χ2n) is 4.45. The first kappa shape index (κ1) is 15.0. The van der Waals surface area contributed by atoms with E-state index < -0.39 is 29.4 Å². The fourth-order valence-electron chi connectivity index (χ4n) is 1.88. The van der Waals surface area contributed by atoms with E-state index in [4.69, 9.17) is 5.11 Å². The standard InChI is InChI=1S/C11H10F3N3O4/c12-11(13,14)9(18)4-15-7-3-6-5(2-10(19)16-6)1-8(7)17(20)21/h1,3,9,15,18H,2,4H2,(H,16,19). The van der Waals surface area contributed by atoms with Crippen molar-refractivity contribution < 1.29 is 28.0 Å². The number of carbonyl (C=O) groups is 1. The molecule has 0 fully saturated rings. The van der Waals surface area contributed by atoms with Crippen LogP contribution in [0.2, 0.25) is 0 Å². The average molecular weight is 305 g/mol. The minimum absolute atomic E-state index is 0.0262. The smallest absolute Gasteiger partial charge is 0.382 e. The predicted octanol–water partition coefficient (Wildman–Crippen LogP) is 1.42. The Hall–Kier alpha value is -2.36. The second kappa shape index (κ2) is 5.20. The molecule has 0 saturated carbocycles. The van der Waals surface area contributed by atoms with Gasteiger partial charge in [0.2, 0.25) is 5.91 Å². The number of nitro benzene ring substituents is 1. The van der Waals surface area contributed by atoms with Crippen LogP contribution in [-0.2, 0) is 11.2 Å². The molecule has 2 rings (SSSR count). The number of alkyl halides is 3. The Balaban J connectivity index is 2.25. The van der Waals surface area contributed by atoms with Gasteiger partial charge in [0.05, 0.1) is 11.3 Å². The van der Waals surface area contributed by atoms with Crippen LogP contribution < -0.4 is 10.6 Å².